The fourth-order valence-corrected chi connectivity index (χ4v) is 4.05. The summed E-state index contributed by atoms with van der Waals surface area (Å²) in [5.74, 6) is 2.97. The van der Waals surface area contributed by atoms with Crippen molar-refractivity contribution in [3.05, 3.63) is 17.5 Å². The third-order valence-electron chi connectivity index (χ3n) is 5.39. The van der Waals surface area contributed by atoms with Crippen LogP contribution in [0.3, 0.4) is 0 Å². The molecule has 2 aliphatic rings. The van der Waals surface area contributed by atoms with Crippen molar-refractivity contribution in [2.75, 3.05) is 0 Å². The molecule has 18 heavy (non-hydrogen) atoms. The molecular weight excluding hydrogens is 222 g/mol. The smallest absolute Gasteiger partial charge is 0.0537 e. The van der Waals surface area contributed by atoms with Crippen LogP contribution in [0.25, 0.3) is 0 Å². The predicted octanol–water partition coefficient (Wildman–Crippen LogP) is 2.64. The molecule has 1 aromatic heterocycles. The molecule has 1 heterocycles. The van der Waals surface area contributed by atoms with Gasteiger partial charge in [0.05, 0.1) is 6.20 Å². The number of hydrogen-bond donors (Lipinski definition) is 1. The van der Waals surface area contributed by atoms with Gasteiger partial charge >= 0.3 is 0 Å². The number of fused-ring (bicyclic) bond motifs is 2. The number of aromatic nitrogens is 2. The molecule has 4 atom stereocenters. The lowest BCUT2D eigenvalue weighted by atomic mass is 9.84. The zero-order valence-electron chi connectivity index (χ0n) is 11.8. The topological polar surface area (TPSA) is 29.9 Å². The average Bonchev–Trinajstić information content (AvgIpc) is 3.05. The van der Waals surface area contributed by atoms with Crippen molar-refractivity contribution in [1.29, 1.82) is 0 Å². The van der Waals surface area contributed by atoms with E-state index in [0.29, 0.717) is 6.04 Å². The molecule has 0 spiro atoms. The summed E-state index contributed by atoms with van der Waals surface area (Å²) in [7, 11) is 2.01. The maximum atomic E-state index is 4.31. The van der Waals surface area contributed by atoms with Crippen LogP contribution in [0, 0.1) is 24.7 Å². The fourth-order valence-electron chi connectivity index (χ4n) is 4.05. The van der Waals surface area contributed by atoms with Gasteiger partial charge in [-0.15, -0.1) is 0 Å². The van der Waals surface area contributed by atoms with Crippen LogP contribution in [0.15, 0.2) is 6.20 Å². The minimum absolute atomic E-state index is 0.653. The second-order valence-corrected chi connectivity index (χ2v) is 6.39. The molecule has 2 fully saturated rings. The van der Waals surface area contributed by atoms with Crippen molar-refractivity contribution < 1.29 is 0 Å². The van der Waals surface area contributed by atoms with Gasteiger partial charge < -0.3 is 5.32 Å². The van der Waals surface area contributed by atoms with Crippen molar-refractivity contribution in [3.63, 3.8) is 0 Å². The van der Waals surface area contributed by atoms with Crippen LogP contribution in [-0.2, 0) is 13.6 Å². The fraction of sp³-hybridized carbons (Fsp3) is 0.800. The highest BCUT2D eigenvalue weighted by Gasteiger charge is 2.41. The van der Waals surface area contributed by atoms with E-state index in [4.69, 9.17) is 0 Å². The molecule has 0 radical (unpaired) electrons. The molecule has 100 valence electrons. The van der Waals surface area contributed by atoms with E-state index >= 15 is 0 Å². The molecule has 0 saturated heterocycles. The molecule has 2 saturated carbocycles. The largest absolute Gasteiger partial charge is 0.310 e. The summed E-state index contributed by atoms with van der Waals surface area (Å²) in [4.78, 5) is 0. The first-order valence-electron chi connectivity index (χ1n) is 7.36. The van der Waals surface area contributed by atoms with E-state index in [1.807, 2.05) is 17.9 Å². The number of nitrogens with zero attached hydrogens (tertiary/aromatic N) is 2. The Morgan fingerprint density at radius 3 is 2.83 bits per heavy atom. The van der Waals surface area contributed by atoms with Crippen molar-refractivity contribution in [2.45, 2.75) is 52.1 Å². The minimum Gasteiger partial charge on any atom is -0.310 e. The molecular formula is C15H25N3. The van der Waals surface area contributed by atoms with Gasteiger partial charge in [-0.2, -0.15) is 5.10 Å². The van der Waals surface area contributed by atoms with Crippen molar-refractivity contribution in [1.82, 2.24) is 15.1 Å². The molecule has 2 bridgehead atoms. The van der Waals surface area contributed by atoms with Gasteiger partial charge in [-0.05, 0) is 50.9 Å². The number of nitrogens with one attached hydrogen (secondary N) is 1. The SMILES string of the molecule is Cc1c(CNC(C)C2CC3CCC2C3)cnn1C. The first kappa shape index (κ1) is 12.2. The highest BCUT2D eigenvalue weighted by molar-refractivity contribution is 5.15. The minimum atomic E-state index is 0.653. The Labute approximate surface area is 110 Å². The van der Waals surface area contributed by atoms with Crippen LogP contribution >= 0.6 is 0 Å². The first-order chi connectivity index (χ1) is 8.65. The van der Waals surface area contributed by atoms with Crippen LogP contribution in [0.2, 0.25) is 0 Å². The molecule has 1 N–H and O–H groups in total. The van der Waals surface area contributed by atoms with Gasteiger partial charge in [-0.25, -0.2) is 0 Å². The molecule has 4 unspecified atom stereocenters. The van der Waals surface area contributed by atoms with Gasteiger partial charge in [-0.3, -0.25) is 4.68 Å². The third-order valence-corrected chi connectivity index (χ3v) is 5.39. The van der Waals surface area contributed by atoms with E-state index in [1.54, 1.807) is 0 Å². The summed E-state index contributed by atoms with van der Waals surface area (Å²) >= 11 is 0. The second kappa shape index (κ2) is 4.69. The molecule has 0 amide bonds. The predicted molar refractivity (Wildman–Crippen MR) is 73.2 cm³/mol. The van der Waals surface area contributed by atoms with Crippen molar-refractivity contribution >= 4 is 0 Å². The van der Waals surface area contributed by atoms with E-state index in [1.165, 1.54) is 36.9 Å². The summed E-state index contributed by atoms with van der Waals surface area (Å²) in [6.07, 6.45) is 7.94. The molecule has 0 aromatic carbocycles. The molecule has 3 heteroatoms. The standard InChI is InChI=1S/C15H25N3/c1-10(15-7-12-4-5-13(15)6-12)16-8-14-9-17-18(3)11(14)2/h9-10,12-13,15-16H,4-8H2,1-3H3. The van der Waals surface area contributed by atoms with Crippen molar-refractivity contribution in [2.24, 2.45) is 24.8 Å². The highest BCUT2D eigenvalue weighted by atomic mass is 15.3. The van der Waals surface area contributed by atoms with Gasteiger partial charge in [0.2, 0.25) is 0 Å². The highest BCUT2D eigenvalue weighted by Crippen LogP contribution is 2.49. The molecule has 0 aliphatic heterocycles. The van der Waals surface area contributed by atoms with Gasteiger partial charge in [-0.1, -0.05) is 6.42 Å². The van der Waals surface area contributed by atoms with Gasteiger partial charge in [0.25, 0.3) is 0 Å². The zero-order valence-corrected chi connectivity index (χ0v) is 11.8. The molecule has 3 nitrogen and oxygen atoms in total. The van der Waals surface area contributed by atoms with E-state index in [0.717, 1.165) is 24.3 Å². The number of rotatable bonds is 4. The van der Waals surface area contributed by atoms with Crippen LogP contribution in [0.4, 0.5) is 0 Å². The van der Waals surface area contributed by atoms with Crippen LogP contribution in [0.5, 0.6) is 0 Å². The maximum Gasteiger partial charge on any atom is 0.0537 e. The van der Waals surface area contributed by atoms with E-state index < -0.39 is 0 Å². The third kappa shape index (κ3) is 2.09. The molecule has 1 aromatic rings. The summed E-state index contributed by atoms with van der Waals surface area (Å²) in [6, 6.07) is 0.653. The van der Waals surface area contributed by atoms with Crippen LogP contribution < -0.4 is 5.32 Å². The quantitative estimate of drug-likeness (QED) is 0.886. The molecule has 2 aliphatic carbocycles. The van der Waals surface area contributed by atoms with Gasteiger partial charge in [0.1, 0.15) is 0 Å². The Balaban J connectivity index is 1.55. The number of aryl methyl sites for hydroxylation is 1. The lowest BCUT2D eigenvalue weighted by Crippen LogP contribution is -2.35. The summed E-state index contributed by atoms with van der Waals surface area (Å²) < 4.78 is 1.96. The zero-order chi connectivity index (χ0) is 12.7. The van der Waals surface area contributed by atoms with E-state index in [9.17, 15) is 0 Å². The van der Waals surface area contributed by atoms with Gasteiger partial charge in [0, 0.05) is 30.9 Å². The Bertz CT molecular complexity index is 423. The number of hydrogen-bond acceptors (Lipinski definition) is 2. The normalized spacial score (nSPS) is 32.1. The van der Waals surface area contributed by atoms with E-state index in [2.05, 4.69) is 24.3 Å². The van der Waals surface area contributed by atoms with Crippen molar-refractivity contribution in [3.8, 4) is 0 Å². The summed E-state index contributed by atoms with van der Waals surface area (Å²) in [5, 5.41) is 8.03. The lowest BCUT2D eigenvalue weighted by molar-refractivity contribution is 0.259. The van der Waals surface area contributed by atoms with E-state index in [-0.39, 0.29) is 0 Å². The Morgan fingerprint density at radius 2 is 2.28 bits per heavy atom. The lowest BCUT2D eigenvalue weighted by Gasteiger charge is -2.28. The maximum absolute atomic E-state index is 4.31. The summed E-state index contributed by atoms with van der Waals surface area (Å²) in [6.45, 7) is 5.48. The monoisotopic (exact) mass is 247 g/mol. The van der Waals surface area contributed by atoms with Crippen LogP contribution in [-0.4, -0.2) is 15.8 Å². The Hall–Kier alpha value is -0.830. The van der Waals surface area contributed by atoms with Gasteiger partial charge in [0.15, 0.2) is 0 Å². The Kier molecular flexibility index (Phi) is 3.18. The molecule has 3 rings (SSSR count). The van der Waals surface area contributed by atoms with Crippen LogP contribution in [0.1, 0.15) is 43.9 Å². The summed E-state index contributed by atoms with van der Waals surface area (Å²) in [5.41, 5.74) is 2.62. The Morgan fingerprint density at radius 1 is 1.44 bits per heavy atom. The first-order valence-corrected chi connectivity index (χ1v) is 7.36. The average molecular weight is 247 g/mol. The second-order valence-electron chi connectivity index (χ2n) is 6.39.